The Morgan fingerprint density at radius 1 is 1.31 bits per heavy atom. The normalized spacial score (nSPS) is 14.9. The first-order valence-corrected chi connectivity index (χ1v) is 4.58. The second-order valence-electron chi connectivity index (χ2n) is 3.53. The minimum Gasteiger partial charge on any atom is -0.380 e. The molecule has 0 bridgehead atoms. The molecule has 1 aliphatic carbocycles. The monoisotopic (exact) mass is 174 g/mol. The number of rotatable bonds is 2. The minimum atomic E-state index is 0.739. The lowest BCUT2D eigenvalue weighted by atomic mass is 10.1. The van der Waals surface area contributed by atoms with Gasteiger partial charge in [-0.3, -0.25) is 0 Å². The first-order valence-electron chi connectivity index (χ1n) is 4.58. The SMILES string of the molecule is COCC1=C(C)Cc2ccccc21. The van der Waals surface area contributed by atoms with Crippen LogP contribution in [0.4, 0.5) is 0 Å². The fourth-order valence-corrected chi connectivity index (χ4v) is 1.94. The summed E-state index contributed by atoms with van der Waals surface area (Å²) < 4.78 is 5.20. The van der Waals surface area contributed by atoms with Crippen LogP contribution >= 0.6 is 0 Å². The van der Waals surface area contributed by atoms with E-state index in [0.717, 1.165) is 13.0 Å². The summed E-state index contributed by atoms with van der Waals surface area (Å²) in [7, 11) is 1.75. The molecular formula is C12H14O. The standard InChI is InChI=1S/C12H14O/c1-9-7-10-5-3-4-6-11(10)12(9)8-13-2/h3-6H,7-8H2,1-2H3. The predicted octanol–water partition coefficient (Wildman–Crippen LogP) is 2.66. The van der Waals surface area contributed by atoms with Crippen LogP contribution in [-0.4, -0.2) is 13.7 Å². The Balaban J connectivity index is 2.41. The van der Waals surface area contributed by atoms with Crippen LogP contribution in [0.5, 0.6) is 0 Å². The first-order chi connectivity index (χ1) is 6.33. The van der Waals surface area contributed by atoms with Crippen LogP contribution in [0.3, 0.4) is 0 Å². The zero-order chi connectivity index (χ0) is 9.26. The number of methoxy groups -OCH3 is 1. The second-order valence-corrected chi connectivity index (χ2v) is 3.53. The Morgan fingerprint density at radius 2 is 2.08 bits per heavy atom. The molecular weight excluding hydrogens is 160 g/mol. The third kappa shape index (κ3) is 1.40. The van der Waals surface area contributed by atoms with Crippen molar-refractivity contribution >= 4 is 5.57 Å². The highest BCUT2D eigenvalue weighted by atomic mass is 16.5. The molecule has 13 heavy (non-hydrogen) atoms. The van der Waals surface area contributed by atoms with Crippen molar-refractivity contribution in [1.29, 1.82) is 0 Å². The van der Waals surface area contributed by atoms with E-state index in [4.69, 9.17) is 4.74 Å². The summed E-state index contributed by atoms with van der Waals surface area (Å²) in [6.45, 7) is 2.93. The van der Waals surface area contributed by atoms with E-state index in [2.05, 4.69) is 31.2 Å². The molecule has 0 heterocycles. The molecule has 0 aliphatic heterocycles. The van der Waals surface area contributed by atoms with E-state index < -0.39 is 0 Å². The number of benzene rings is 1. The van der Waals surface area contributed by atoms with Crippen LogP contribution in [0, 0.1) is 0 Å². The van der Waals surface area contributed by atoms with Gasteiger partial charge in [-0.05, 0) is 30.0 Å². The summed E-state index contributed by atoms with van der Waals surface area (Å²) in [6, 6.07) is 8.57. The highest BCUT2D eigenvalue weighted by Crippen LogP contribution is 2.32. The Labute approximate surface area is 79.0 Å². The van der Waals surface area contributed by atoms with Gasteiger partial charge in [-0.25, -0.2) is 0 Å². The number of fused-ring (bicyclic) bond motifs is 1. The van der Waals surface area contributed by atoms with Gasteiger partial charge in [0.1, 0.15) is 0 Å². The third-order valence-corrected chi connectivity index (χ3v) is 2.60. The average Bonchev–Trinajstić information content (AvgIpc) is 2.44. The molecule has 0 unspecified atom stereocenters. The van der Waals surface area contributed by atoms with Crippen molar-refractivity contribution in [2.24, 2.45) is 0 Å². The maximum absolute atomic E-state index is 5.20. The molecule has 0 saturated heterocycles. The van der Waals surface area contributed by atoms with Gasteiger partial charge in [-0.15, -0.1) is 0 Å². The average molecular weight is 174 g/mol. The van der Waals surface area contributed by atoms with E-state index in [1.54, 1.807) is 7.11 Å². The molecule has 1 aromatic rings. The number of allylic oxidation sites excluding steroid dienone is 1. The van der Waals surface area contributed by atoms with Gasteiger partial charge in [0.15, 0.2) is 0 Å². The molecule has 1 heteroatoms. The molecule has 1 aliphatic rings. The number of hydrogen-bond acceptors (Lipinski definition) is 1. The van der Waals surface area contributed by atoms with Gasteiger partial charge >= 0.3 is 0 Å². The zero-order valence-corrected chi connectivity index (χ0v) is 8.13. The Morgan fingerprint density at radius 3 is 2.85 bits per heavy atom. The van der Waals surface area contributed by atoms with Crippen molar-refractivity contribution in [3.63, 3.8) is 0 Å². The minimum absolute atomic E-state index is 0.739. The lowest BCUT2D eigenvalue weighted by Crippen LogP contribution is -1.92. The highest BCUT2D eigenvalue weighted by molar-refractivity contribution is 5.76. The third-order valence-electron chi connectivity index (χ3n) is 2.60. The molecule has 1 nitrogen and oxygen atoms in total. The summed E-state index contributed by atoms with van der Waals surface area (Å²) in [6.07, 6.45) is 1.09. The quantitative estimate of drug-likeness (QED) is 0.669. The molecule has 0 radical (unpaired) electrons. The topological polar surface area (TPSA) is 9.23 Å². The van der Waals surface area contributed by atoms with E-state index in [0.29, 0.717) is 0 Å². The summed E-state index contributed by atoms with van der Waals surface area (Å²) in [5.41, 5.74) is 5.63. The van der Waals surface area contributed by atoms with Gasteiger partial charge in [-0.1, -0.05) is 29.8 Å². The Bertz CT molecular complexity index is 350. The fraction of sp³-hybridized carbons (Fsp3) is 0.333. The molecule has 0 saturated carbocycles. The van der Waals surface area contributed by atoms with Crippen molar-refractivity contribution in [3.8, 4) is 0 Å². The second kappa shape index (κ2) is 3.35. The molecule has 68 valence electrons. The Kier molecular flexibility index (Phi) is 2.19. The Hall–Kier alpha value is -1.08. The molecule has 0 N–H and O–H groups in total. The van der Waals surface area contributed by atoms with Crippen molar-refractivity contribution in [2.45, 2.75) is 13.3 Å². The molecule has 1 aromatic carbocycles. The van der Waals surface area contributed by atoms with Crippen LogP contribution < -0.4 is 0 Å². The first kappa shape index (κ1) is 8.52. The van der Waals surface area contributed by atoms with E-state index in [-0.39, 0.29) is 0 Å². The van der Waals surface area contributed by atoms with Crippen LogP contribution in [0.2, 0.25) is 0 Å². The van der Waals surface area contributed by atoms with E-state index in [1.807, 2.05) is 0 Å². The lowest BCUT2D eigenvalue weighted by molar-refractivity contribution is 0.239. The van der Waals surface area contributed by atoms with Gasteiger partial charge in [0.05, 0.1) is 6.61 Å². The fourth-order valence-electron chi connectivity index (χ4n) is 1.94. The summed E-state index contributed by atoms with van der Waals surface area (Å²) in [5.74, 6) is 0. The van der Waals surface area contributed by atoms with Gasteiger partial charge in [0.25, 0.3) is 0 Å². The predicted molar refractivity (Wildman–Crippen MR) is 54.6 cm³/mol. The highest BCUT2D eigenvalue weighted by Gasteiger charge is 2.17. The maximum Gasteiger partial charge on any atom is 0.0718 e. The van der Waals surface area contributed by atoms with Gasteiger partial charge in [-0.2, -0.15) is 0 Å². The zero-order valence-electron chi connectivity index (χ0n) is 8.13. The summed E-state index contributed by atoms with van der Waals surface area (Å²) in [4.78, 5) is 0. The van der Waals surface area contributed by atoms with Crippen molar-refractivity contribution in [3.05, 3.63) is 41.0 Å². The van der Waals surface area contributed by atoms with Gasteiger partial charge in [0, 0.05) is 7.11 Å². The number of hydrogen-bond donors (Lipinski definition) is 0. The molecule has 0 fully saturated rings. The molecule has 0 aromatic heterocycles. The van der Waals surface area contributed by atoms with Crippen molar-refractivity contribution < 1.29 is 4.74 Å². The maximum atomic E-state index is 5.20. The van der Waals surface area contributed by atoms with E-state index >= 15 is 0 Å². The van der Waals surface area contributed by atoms with E-state index in [9.17, 15) is 0 Å². The van der Waals surface area contributed by atoms with Crippen molar-refractivity contribution in [2.75, 3.05) is 13.7 Å². The smallest absolute Gasteiger partial charge is 0.0718 e. The van der Waals surface area contributed by atoms with Crippen LogP contribution in [0.25, 0.3) is 5.57 Å². The molecule has 0 atom stereocenters. The summed E-state index contributed by atoms with van der Waals surface area (Å²) >= 11 is 0. The van der Waals surface area contributed by atoms with Crippen LogP contribution in [0.15, 0.2) is 29.8 Å². The molecule has 0 amide bonds. The van der Waals surface area contributed by atoms with Gasteiger partial charge < -0.3 is 4.74 Å². The molecule has 2 rings (SSSR count). The van der Waals surface area contributed by atoms with Crippen LogP contribution in [-0.2, 0) is 11.2 Å². The summed E-state index contributed by atoms with van der Waals surface area (Å²) in [5, 5.41) is 0. The van der Waals surface area contributed by atoms with Crippen LogP contribution in [0.1, 0.15) is 18.1 Å². The number of ether oxygens (including phenoxy) is 1. The van der Waals surface area contributed by atoms with Gasteiger partial charge in [0.2, 0.25) is 0 Å². The lowest BCUT2D eigenvalue weighted by Gasteiger charge is -2.04. The van der Waals surface area contributed by atoms with Crippen molar-refractivity contribution in [1.82, 2.24) is 0 Å². The molecule has 0 spiro atoms. The van der Waals surface area contributed by atoms with E-state index in [1.165, 1.54) is 22.3 Å². The largest absolute Gasteiger partial charge is 0.380 e.